The van der Waals surface area contributed by atoms with Crippen LogP contribution in [0.3, 0.4) is 0 Å². The highest BCUT2D eigenvalue weighted by atomic mass is 16.2. The van der Waals surface area contributed by atoms with Crippen LogP contribution in [0.2, 0.25) is 0 Å². The third-order valence-corrected chi connectivity index (χ3v) is 4.19. The molecule has 0 atom stereocenters. The quantitative estimate of drug-likeness (QED) is 0.835. The van der Waals surface area contributed by atoms with Crippen molar-refractivity contribution >= 4 is 17.5 Å². The third-order valence-electron chi connectivity index (χ3n) is 4.19. The summed E-state index contributed by atoms with van der Waals surface area (Å²) in [6.45, 7) is 5.92. The van der Waals surface area contributed by atoms with E-state index in [1.807, 2.05) is 24.8 Å². The Labute approximate surface area is 131 Å². The second-order valence-corrected chi connectivity index (χ2v) is 5.93. The smallest absolute Gasteiger partial charge is 0.254 e. The lowest BCUT2D eigenvalue weighted by atomic mass is 9.95. The van der Waals surface area contributed by atoms with E-state index in [-0.39, 0.29) is 17.7 Å². The van der Waals surface area contributed by atoms with Gasteiger partial charge in [0.05, 0.1) is 0 Å². The monoisotopic (exact) mass is 303 g/mol. The van der Waals surface area contributed by atoms with E-state index in [0.29, 0.717) is 24.3 Å². The topological polar surface area (TPSA) is 75.4 Å². The zero-order valence-corrected chi connectivity index (χ0v) is 13.4. The number of hydrogen-bond donors (Lipinski definition) is 2. The number of nitrogens with two attached hydrogens (primary N) is 1. The number of nitrogen functional groups attached to an aromatic ring is 1. The highest BCUT2D eigenvalue weighted by Crippen LogP contribution is 2.21. The largest absolute Gasteiger partial charge is 0.399 e. The molecule has 0 radical (unpaired) electrons. The minimum absolute atomic E-state index is 0.0113. The molecular formula is C17H25N3O2. The summed E-state index contributed by atoms with van der Waals surface area (Å²) in [7, 11) is 0. The maximum atomic E-state index is 12.6. The molecule has 22 heavy (non-hydrogen) atoms. The van der Waals surface area contributed by atoms with Gasteiger partial charge in [-0.3, -0.25) is 9.59 Å². The molecular weight excluding hydrogens is 278 g/mol. The molecule has 1 fully saturated rings. The molecule has 1 aliphatic rings. The van der Waals surface area contributed by atoms with Crippen LogP contribution < -0.4 is 11.1 Å². The van der Waals surface area contributed by atoms with Gasteiger partial charge >= 0.3 is 0 Å². The normalized spacial score (nSPS) is 15.6. The SMILES string of the molecule is CCCNC(=O)C1CCN(C(=O)c2cc(N)ccc2C)CC1. The first kappa shape index (κ1) is 16.3. The molecule has 3 N–H and O–H groups in total. The van der Waals surface area contributed by atoms with Crippen LogP contribution in [0.4, 0.5) is 5.69 Å². The molecule has 2 amide bonds. The van der Waals surface area contributed by atoms with Crippen LogP contribution in [-0.2, 0) is 4.79 Å². The van der Waals surface area contributed by atoms with Crippen molar-refractivity contribution in [2.45, 2.75) is 33.1 Å². The van der Waals surface area contributed by atoms with Gasteiger partial charge in [-0.1, -0.05) is 13.0 Å². The molecule has 5 heteroatoms. The zero-order chi connectivity index (χ0) is 16.1. The number of anilines is 1. The van der Waals surface area contributed by atoms with Crippen molar-refractivity contribution < 1.29 is 9.59 Å². The van der Waals surface area contributed by atoms with Crippen molar-refractivity contribution in [3.63, 3.8) is 0 Å². The number of hydrogen-bond acceptors (Lipinski definition) is 3. The molecule has 5 nitrogen and oxygen atoms in total. The average Bonchev–Trinajstić information content (AvgIpc) is 2.54. The number of likely N-dealkylation sites (tertiary alicyclic amines) is 1. The molecule has 1 aliphatic heterocycles. The Morgan fingerprint density at radius 2 is 2.00 bits per heavy atom. The van der Waals surface area contributed by atoms with E-state index in [2.05, 4.69) is 5.32 Å². The fraction of sp³-hybridized carbons (Fsp3) is 0.529. The molecule has 2 rings (SSSR count). The van der Waals surface area contributed by atoms with Gasteiger partial charge in [0, 0.05) is 36.8 Å². The van der Waals surface area contributed by atoms with Crippen LogP contribution in [0.5, 0.6) is 0 Å². The predicted octanol–water partition coefficient (Wildman–Crippen LogP) is 1.96. The van der Waals surface area contributed by atoms with Crippen LogP contribution in [0, 0.1) is 12.8 Å². The summed E-state index contributed by atoms with van der Waals surface area (Å²) >= 11 is 0. The molecule has 0 saturated carbocycles. The van der Waals surface area contributed by atoms with Crippen molar-refractivity contribution in [3.05, 3.63) is 29.3 Å². The van der Waals surface area contributed by atoms with Crippen molar-refractivity contribution in [1.82, 2.24) is 10.2 Å². The molecule has 0 aliphatic carbocycles. The van der Waals surface area contributed by atoms with E-state index in [4.69, 9.17) is 5.73 Å². The van der Waals surface area contributed by atoms with E-state index in [9.17, 15) is 9.59 Å². The predicted molar refractivity (Wildman–Crippen MR) is 87.5 cm³/mol. The third kappa shape index (κ3) is 3.78. The van der Waals surface area contributed by atoms with Gasteiger partial charge < -0.3 is 16.0 Å². The number of carbonyl (C=O) groups excluding carboxylic acids is 2. The Balaban J connectivity index is 1.95. The van der Waals surface area contributed by atoms with Crippen molar-refractivity contribution in [1.29, 1.82) is 0 Å². The first-order chi connectivity index (χ1) is 10.5. The summed E-state index contributed by atoms with van der Waals surface area (Å²) in [4.78, 5) is 26.4. The van der Waals surface area contributed by atoms with Gasteiger partial charge in [-0.05, 0) is 43.9 Å². The molecule has 1 aromatic carbocycles. The van der Waals surface area contributed by atoms with Crippen molar-refractivity contribution in [3.8, 4) is 0 Å². The number of amides is 2. The molecule has 0 aromatic heterocycles. The highest BCUT2D eigenvalue weighted by molar-refractivity contribution is 5.96. The Bertz CT molecular complexity index is 549. The summed E-state index contributed by atoms with van der Waals surface area (Å²) in [5, 5.41) is 2.94. The average molecular weight is 303 g/mol. The summed E-state index contributed by atoms with van der Waals surface area (Å²) < 4.78 is 0. The van der Waals surface area contributed by atoms with Crippen LogP contribution in [0.1, 0.15) is 42.1 Å². The first-order valence-corrected chi connectivity index (χ1v) is 7.96. The van der Waals surface area contributed by atoms with E-state index in [0.717, 1.165) is 31.4 Å². The summed E-state index contributed by atoms with van der Waals surface area (Å²) in [6.07, 6.45) is 2.39. The Hall–Kier alpha value is -2.04. The number of aryl methyl sites for hydroxylation is 1. The van der Waals surface area contributed by atoms with Gasteiger partial charge in [0.15, 0.2) is 0 Å². The number of nitrogens with one attached hydrogen (secondary N) is 1. The maximum absolute atomic E-state index is 12.6. The van der Waals surface area contributed by atoms with E-state index in [1.165, 1.54) is 0 Å². The van der Waals surface area contributed by atoms with E-state index >= 15 is 0 Å². The van der Waals surface area contributed by atoms with Gasteiger partial charge in [0.1, 0.15) is 0 Å². The summed E-state index contributed by atoms with van der Waals surface area (Å²) in [5.74, 6) is 0.156. The molecule has 1 saturated heterocycles. The number of rotatable bonds is 4. The summed E-state index contributed by atoms with van der Waals surface area (Å²) in [5.41, 5.74) is 7.97. The molecule has 0 unspecified atom stereocenters. The molecule has 120 valence electrons. The minimum Gasteiger partial charge on any atom is -0.399 e. The fourth-order valence-electron chi connectivity index (χ4n) is 2.78. The number of nitrogens with zero attached hydrogens (tertiary/aromatic N) is 1. The van der Waals surface area contributed by atoms with Crippen LogP contribution in [0.15, 0.2) is 18.2 Å². The Morgan fingerprint density at radius 1 is 1.32 bits per heavy atom. The van der Waals surface area contributed by atoms with Gasteiger partial charge in [0.25, 0.3) is 5.91 Å². The van der Waals surface area contributed by atoms with Gasteiger partial charge in [-0.15, -0.1) is 0 Å². The van der Waals surface area contributed by atoms with Crippen molar-refractivity contribution in [2.75, 3.05) is 25.4 Å². The molecule has 1 heterocycles. The molecule has 0 spiro atoms. The zero-order valence-electron chi connectivity index (χ0n) is 13.4. The highest BCUT2D eigenvalue weighted by Gasteiger charge is 2.28. The Morgan fingerprint density at radius 3 is 2.64 bits per heavy atom. The second kappa shape index (κ2) is 7.29. The number of carbonyl (C=O) groups is 2. The fourth-order valence-corrected chi connectivity index (χ4v) is 2.78. The van der Waals surface area contributed by atoms with E-state index in [1.54, 1.807) is 12.1 Å². The van der Waals surface area contributed by atoms with Gasteiger partial charge in [-0.2, -0.15) is 0 Å². The van der Waals surface area contributed by atoms with Crippen LogP contribution in [-0.4, -0.2) is 36.3 Å². The van der Waals surface area contributed by atoms with Gasteiger partial charge in [0.2, 0.25) is 5.91 Å². The van der Waals surface area contributed by atoms with Crippen molar-refractivity contribution in [2.24, 2.45) is 5.92 Å². The van der Waals surface area contributed by atoms with Crippen LogP contribution in [0.25, 0.3) is 0 Å². The standard InChI is InChI=1S/C17H25N3O2/c1-3-8-19-16(21)13-6-9-20(10-7-13)17(22)15-11-14(18)5-4-12(15)2/h4-5,11,13H,3,6-10,18H2,1-2H3,(H,19,21). The lowest BCUT2D eigenvalue weighted by Gasteiger charge is -2.31. The second-order valence-electron chi connectivity index (χ2n) is 5.93. The number of benzene rings is 1. The summed E-state index contributed by atoms with van der Waals surface area (Å²) in [6, 6.07) is 5.40. The number of piperidine rings is 1. The minimum atomic E-state index is 0.0113. The van der Waals surface area contributed by atoms with E-state index < -0.39 is 0 Å². The molecule has 0 bridgehead atoms. The Kier molecular flexibility index (Phi) is 5.41. The van der Waals surface area contributed by atoms with Gasteiger partial charge in [-0.25, -0.2) is 0 Å². The van der Waals surface area contributed by atoms with Crippen LogP contribution >= 0.6 is 0 Å². The maximum Gasteiger partial charge on any atom is 0.254 e. The lowest BCUT2D eigenvalue weighted by Crippen LogP contribution is -2.43. The molecule has 1 aromatic rings. The lowest BCUT2D eigenvalue weighted by molar-refractivity contribution is -0.126. The first-order valence-electron chi connectivity index (χ1n) is 7.96.